The standard InChI is InChI=1S/C11H10ClN5O2S2/c1-6-10(11(12)17(2)13-6)21(18,19)16-8-5-3-4-7-9(8)15-20-14-7/h3-5,16H,1-2H3. The first-order valence-electron chi connectivity index (χ1n) is 5.83. The van der Waals surface area contributed by atoms with E-state index in [9.17, 15) is 8.42 Å². The van der Waals surface area contributed by atoms with E-state index in [0.717, 1.165) is 11.7 Å². The fourth-order valence-electron chi connectivity index (χ4n) is 2.00. The second-order valence-electron chi connectivity index (χ2n) is 4.37. The molecular weight excluding hydrogens is 334 g/mol. The molecule has 7 nitrogen and oxygen atoms in total. The Balaban J connectivity index is 2.10. The van der Waals surface area contributed by atoms with Crippen molar-refractivity contribution in [2.45, 2.75) is 11.8 Å². The van der Waals surface area contributed by atoms with Gasteiger partial charge in [0.2, 0.25) is 0 Å². The SMILES string of the molecule is Cc1nn(C)c(Cl)c1S(=O)(=O)Nc1cccc2nsnc12. The van der Waals surface area contributed by atoms with Crippen molar-refractivity contribution in [2.24, 2.45) is 7.05 Å². The van der Waals surface area contributed by atoms with Crippen LogP contribution in [0.5, 0.6) is 0 Å². The molecule has 0 aliphatic rings. The highest BCUT2D eigenvalue weighted by atomic mass is 35.5. The second-order valence-corrected chi connectivity index (χ2v) is 6.88. The van der Waals surface area contributed by atoms with Gasteiger partial charge in [-0.15, -0.1) is 0 Å². The van der Waals surface area contributed by atoms with Crippen LogP contribution in [0, 0.1) is 6.92 Å². The van der Waals surface area contributed by atoms with Gasteiger partial charge < -0.3 is 0 Å². The number of rotatable bonds is 3. The van der Waals surface area contributed by atoms with Crippen molar-refractivity contribution < 1.29 is 8.42 Å². The number of aromatic nitrogens is 4. The van der Waals surface area contributed by atoms with Crippen molar-refractivity contribution in [3.63, 3.8) is 0 Å². The lowest BCUT2D eigenvalue weighted by Crippen LogP contribution is -2.14. The molecule has 2 heterocycles. The Bertz CT molecular complexity index is 931. The van der Waals surface area contributed by atoms with E-state index in [1.807, 2.05) is 0 Å². The van der Waals surface area contributed by atoms with Crippen LogP contribution in [-0.4, -0.2) is 26.9 Å². The Morgan fingerprint density at radius 1 is 1.33 bits per heavy atom. The molecule has 0 saturated heterocycles. The average Bonchev–Trinajstić information content (AvgIpc) is 2.95. The van der Waals surface area contributed by atoms with Crippen molar-refractivity contribution >= 4 is 50.1 Å². The molecular formula is C11H10ClN5O2S2. The zero-order valence-electron chi connectivity index (χ0n) is 11.0. The Morgan fingerprint density at radius 2 is 2.10 bits per heavy atom. The predicted octanol–water partition coefficient (Wildman–Crippen LogP) is 2.19. The molecule has 0 aliphatic carbocycles. The summed E-state index contributed by atoms with van der Waals surface area (Å²) < 4.78 is 37.0. The van der Waals surface area contributed by atoms with E-state index in [4.69, 9.17) is 11.6 Å². The molecule has 3 rings (SSSR count). The quantitative estimate of drug-likeness (QED) is 0.787. The monoisotopic (exact) mass is 343 g/mol. The fraction of sp³-hybridized carbons (Fsp3) is 0.182. The van der Waals surface area contributed by atoms with Gasteiger partial charge in [0.1, 0.15) is 21.1 Å². The summed E-state index contributed by atoms with van der Waals surface area (Å²) in [5, 5.41) is 4.07. The summed E-state index contributed by atoms with van der Waals surface area (Å²) in [6.45, 7) is 1.59. The molecule has 0 fully saturated rings. The first-order chi connectivity index (χ1) is 9.90. The largest absolute Gasteiger partial charge is 0.277 e. The summed E-state index contributed by atoms with van der Waals surface area (Å²) in [6.07, 6.45) is 0. The number of nitrogens with one attached hydrogen (secondary N) is 1. The molecule has 10 heteroatoms. The van der Waals surface area contributed by atoms with Crippen LogP contribution in [0.15, 0.2) is 23.1 Å². The van der Waals surface area contributed by atoms with Gasteiger partial charge >= 0.3 is 0 Å². The van der Waals surface area contributed by atoms with Crippen molar-refractivity contribution in [1.82, 2.24) is 18.5 Å². The third kappa shape index (κ3) is 2.37. The van der Waals surface area contributed by atoms with Crippen LogP contribution in [0.1, 0.15) is 5.69 Å². The van der Waals surface area contributed by atoms with Gasteiger partial charge in [0.25, 0.3) is 10.0 Å². The summed E-state index contributed by atoms with van der Waals surface area (Å²) in [7, 11) is -2.27. The first-order valence-corrected chi connectivity index (χ1v) is 8.42. The third-order valence-electron chi connectivity index (χ3n) is 2.90. The third-order valence-corrected chi connectivity index (χ3v) is 5.50. The lowest BCUT2D eigenvalue weighted by atomic mass is 10.3. The second kappa shape index (κ2) is 4.93. The zero-order chi connectivity index (χ0) is 15.2. The van der Waals surface area contributed by atoms with Gasteiger partial charge in [-0.1, -0.05) is 17.7 Å². The Morgan fingerprint density at radius 3 is 2.76 bits per heavy atom. The Hall–Kier alpha value is -1.71. The molecule has 21 heavy (non-hydrogen) atoms. The van der Waals surface area contributed by atoms with Crippen molar-refractivity contribution in [1.29, 1.82) is 0 Å². The van der Waals surface area contributed by atoms with Crippen LogP contribution >= 0.6 is 23.3 Å². The summed E-state index contributed by atoms with van der Waals surface area (Å²) in [6, 6.07) is 5.10. The maximum Gasteiger partial charge on any atom is 0.266 e. The smallest absolute Gasteiger partial charge is 0.266 e. The summed E-state index contributed by atoms with van der Waals surface area (Å²) in [5.41, 5.74) is 1.83. The molecule has 1 aromatic carbocycles. The normalized spacial score (nSPS) is 12.0. The molecule has 0 saturated carbocycles. The Labute approximate surface area is 129 Å². The van der Waals surface area contributed by atoms with E-state index in [0.29, 0.717) is 22.4 Å². The van der Waals surface area contributed by atoms with Gasteiger partial charge in [-0.05, 0) is 19.1 Å². The van der Waals surface area contributed by atoms with E-state index in [1.54, 1.807) is 32.2 Å². The van der Waals surface area contributed by atoms with E-state index < -0.39 is 10.0 Å². The van der Waals surface area contributed by atoms with Crippen molar-refractivity contribution in [3.8, 4) is 0 Å². The summed E-state index contributed by atoms with van der Waals surface area (Å²) in [4.78, 5) is -0.0353. The van der Waals surface area contributed by atoms with Crippen LogP contribution in [0.25, 0.3) is 11.0 Å². The first kappa shape index (κ1) is 14.2. The maximum absolute atomic E-state index is 12.5. The highest BCUT2D eigenvalue weighted by molar-refractivity contribution is 7.93. The van der Waals surface area contributed by atoms with Crippen molar-refractivity contribution in [2.75, 3.05) is 4.72 Å². The minimum absolute atomic E-state index is 0.0353. The number of halogens is 1. The van der Waals surface area contributed by atoms with Crippen LogP contribution < -0.4 is 4.72 Å². The number of aryl methyl sites for hydroxylation is 2. The minimum atomic E-state index is -3.85. The number of hydrogen-bond donors (Lipinski definition) is 1. The van der Waals surface area contributed by atoms with Gasteiger partial charge in [0.05, 0.1) is 23.1 Å². The highest BCUT2D eigenvalue weighted by Crippen LogP contribution is 2.28. The number of hydrogen-bond acceptors (Lipinski definition) is 6. The average molecular weight is 344 g/mol. The van der Waals surface area contributed by atoms with Gasteiger partial charge in [-0.3, -0.25) is 9.40 Å². The molecule has 0 unspecified atom stereocenters. The predicted molar refractivity (Wildman–Crippen MR) is 81.2 cm³/mol. The molecule has 0 atom stereocenters. The van der Waals surface area contributed by atoms with E-state index in [1.165, 1.54) is 4.68 Å². The number of fused-ring (bicyclic) bond motifs is 1. The topological polar surface area (TPSA) is 89.8 Å². The lowest BCUT2D eigenvalue weighted by molar-refractivity contribution is 0.600. The molecule has 0 bridgehead atoms. The number of anilines is 1. The maximum atomic E-state index is 12.5. The van der Waals surface area contributed by atoms with E-state index in [2.05, 4.69) is 18.6 Å². The van der Waals surface area contributed by atoms with Crippen LogP contribution in [0.4, 0.5) is 5.69 Å². The van der Waals surface area contributed by atoms with Crippen LogP contribution in [0.3, 0.4) is 0 Å². The lowest BCUT2D eigenvalue weighted by Gasteiger charge is -2.08. The molecule has 2 aromatic heterocycles. The fourth-order valence-corrected chi connectivity index (χ4v) is 4.37. The molecule has 0 radical (unpaired) electrons. The van der Waals surface area contributed by atoms with Gasteiger partial charge in [0, 0.05) is 7.05 Å². The summed E-state index contributed by atoms with van der Waals surface area (Å²) in [5.74, 6) is 0. The van der Waals surface area contributed by atoms with E-state index >= 15 is 0 Å². The number of benzene rings is 1. The number of sulfonamides is 1. The van der Waals surface area contributed by atoms with Crippen LogP contribution in [0.2, 0.25) is 5.15 Å². The number of nitrogens with zero attached hydrogens (tertiary/aromatic N) is 4. The molecule has 0 aliphatic heterocycles. The molecule has 0 spiro atoms. The highest BCUT2D eigenvalue weighted by Gasteiger charge is 2.26. The molecule has 3 aromatic rings. The van der Waals surface area contributed by atoms with Gasteiger partial charge in [-0.2, -0.15) is 13.8 Å². The minimum Gasteiger partial charge on any atom is -0.277 e. The molecule has 0 amide bonds. The van der Waals surface area contributed by atoms with Crippen molar-refractivity contribution in [3.05, 3.63) is 29.0 Å². The Kier molecular flexibility index (Phi) is 3.34. The van der Waals surface area contributed by atoms with E-state index in [-0.39, 0.29) is 10.0 Å². The van der Waals surface area contributed by atoms with Gasteiger partial charge in [0.15, 0.2) is 0 Å². The molecule has 1 N–H and O–H groups in total. The van der Waals surface area contributed by atoms with Gasteiger partial charge in [-0.25, -0.2) is 8.42 Å². The summed E-state index contributed by atoms with van der Waals surface area (Å²) >= 11 is 7.04. The molecule has 110 valence electrons. The zero-order valence-corrected chi connectivity index (χ0v) is 13.4. The van der Waals surface area contributed by atoms with Crippen LogP contribution in [-0.2, 0) is 17.1 Å².